The first-order valence-corrected chi connectivity index (χ1v) is 25.6. The summed E-state index contributed by atoms with van der Waals surface area (Å²) in [5, 5.41) is 13.8. The van der Waals surface area contributed by atoms with Gasteiger partial charge in [-0.05, 0) is 70.6 Å². The van der Waals surface area contributed by atoms with E-state index in [-0.39, 0.29) is 12.5 Å². The molecule has 0 heterocycles. The van der Waals surface area contributed by atoms with Crippen LogP contribution in [-0.2, 0) is 18.4 Å². The predicted octanol–water partition coefficient (Wildman–Crippen LogP) is 13.2. The zero-order chi connectivity index (χ0) is 43.6. The van der Waals surface area contributed by atoms with Gasteiger partial charge in [-0.15, -0.1) is 0 Å². The molecule has 0 aromatic heterocycles. The van der Waals surface area contributed by atoms with Crippen LogP contribution in [0.25, 0.3) is 0 Å². The second-order valence-electron chi connectivity index (χ2n) is 17.5. The molecular weight excluding hydrogens is 756 g/mol. The van der Waals surface area contributed by atoms with Crippen molar-refractivity contribution in [3.05, 3.63) is 60.8 Å². The summed E-state index contributed by atoms with van der Waals surface area (Å²) in [7, 11) is 1.23. The van der Waals surface area contributed by atoms with E-state index in [1.165, 1.54) is 116 Å². The van der Waals surface area contributed by atoms with E-state index in [9.17, 15) is 19.4 Å². The number of phosphoric ester groups is 1. The van der Waals surface area contributed by atoms with Gasteiger partial charge in [-0.3, -0.25) is 9.36 Å². The summed E-state index contributed by atoms with van der Waals surface area (Å²) < 4.78 is 23.2. The Morgan fingerprint density at radius 1 is 0.593 bits per heavy atom. The maximum atomic E-state index is 12.9. The lowest BCUT2D eigenvalue weighted by Crippen LogP contribution is -2.45. The molecule has 0 bridgehead atoms. The van der Waals surface area contributed by atoms with Crippen LogP contribution < -0.4 is 10.2 Å². The molecule has 0 spiro atoms. The molecule has 0 fully saturated rings. The van der Waals surface area contributed by atoms with Crippen molar-refractivity contribution < 1.29 is 32.9 Å². The van der Waals surface area contributed by atoms with E-state index in [0.717, 1.165) is 64.2 Å². The lowest BCUT2D eigenvalue weighted by molar-refractivity contribution is -0.870. The van der Waals surface area contributed by atoms with Gasteiger partial charge in [-0.1, -0.05) is 184 Å². The maximum absolute atomic E-state index is 12.9. The number of carbonyl (C=O) groups excluding carboxylic acids is 1. The smallest absolute Gasteiger partial charge is 0.268 e. The number of likely N-dealkylation sites (N-methyl/N-ethyl adjacent to an activating group) is 1. The summed E-state index contributed by atoms with van der Waals surface area (Å²) in [6.45, 7) is 4.58. The summed E-state index contributed by atoms with van der Waals surface area (Å²) in [6.07, 6.45) is 54.1. The minimum Gasteiger partial charge on any atom is -0.756 e. The number of quaternary nitrogens is 1. The highest BCUT2D eigenvalue weighted by Gasteiger charge is 2.23. The first-order valence-electron chi connectivity index (χ1n) is 24.2. The van der Waals surface area contributed by atoms with E-state index < -0.39 is 26.6 Å². The van der Waals surface area contributed by atoms with Crippen LogP contribution in [0.4, 0.5) is 0 Å². The second kappa shape index (κ2) is 41.5. The Hall–Kier alpha value is -1.80. The molecule has 0 aliphatic rings. The molecule has 8 nitrogen and oxygen atoms in total. The number of aliphatic hydroxyl groups is 1. The van der Waals surface area contributed by atoms with Gasteiger partial charge >= 0.3 is 0 Å². The molecule has 0 aliphatic carbocycles. The normalized spacial score (nSPS) is 14.8. The number of carbonyl (C=O) groups is 1. The Morgan fingerprint density at radius 3 is 1.53 bits per heavy atom. The lowest BCUT2D eigenvalue weighted by atomic mass is 10.0. The van der Waals surface area contributed by atoms with Crippen molar-refractivity contribution in [2.75, 3.05) is 40.9 Å². The lowest BCUT2D eigenvalue weighted by Gasteiger charge is -2.29. The van der Waals surface area contributed by atoms with Crippen molar-refractivity contribution in [1.82, 2.24) is 5.32 Å². The molecule has 3 atom stereocenters. The molecule has 0 aromatic carbocycles. The molecular formula is C50H93N2O6P. The number of rotatable bonds is 43. The highest BCUT2D eigenvalue weighted by Crippen LogP contribution is 2.38. The fourth-order valence-electron chi connectivity index (χ4n) is 6.59. The largest absolute Gasteiger partial charge is 0.756 e. The molecule has 0 aliphatic heterocycles. The van der Waals surface area contributed by atoms with E-state index >= 15 is 0 Å². The average Bonchev–Trinajstić information content (AvgIpc) is 3.19. The number of allylic oxidation sites excluding steroid dienone is 9. The standard InChI is InChI=1S/C50H93N2O6P/c1-6-8-10-12-14-16-18-20-22-24-26-28-30-32-34-36-38-40-42-44-50(54)51-48(47-58-59(55,56)57-46-45-52(3,4)5)49(53)43-41-39-37-35-33-31-29-27-25-23-21-19-17-15-13-11-9-7-2/h14,16,20,22,26,28,33,35,41,43,48-49,53H,6-13,15,17-19,21,23-25,27,29-32,34,36-40,42,44-47H2,1-5H3,(H-,51,54,55,56)/b16-14-,22-20-,28-26-,35-33+,43-41+. The molecule has 2 N–H and O–H groups in total. The molecule has 0 radical (unpaired) electrons. The summed E-state index contributed by atoms with van der Waals surface area (Å²) in [5.74, 6) is -0.222. The van der Waals surface area contributed by atoms with E-state index in [1.54, 1.807) is 6.08 Å². The van der Waals surface area contributed by atoms with Crippen molar-refractivity contribution >= 4 is 13.7 Å². The number of amides is 1. The van der Waals surface area contributed by atoms with Crippen LogP contribution in [0.15, 0.2) is 60.8 Å². The third-order valence-corrected chi connectivity index (χ3v) is 11.4. The second-order valence-corrected chi connectivity index (χ2v) is 18.9. The predicted molar refractivity (Wildman–Crippen MR) is 251 cm³/mol. The number of phosphoric acid groups is 1. The van der Waals surface area contributed by atoms with Crippen molar-refractivity contribution in [3.63, 3.8) is 0 Å². The van der Waals surface area contributed by atoms with Gasteiger partial charge in [-0.2, -0.15) is 0 Å². The van der Waals surface area contributed by atoms with Gasteiger partial charge in [0, 0.05) is 6.42 Å². The van der Waals surface area contributed by atoms with E-state index in [1.807, 2.05) is 27.2 Å². The van der Waals surface area contributed by atoms with Gasteiger partial charge in [0.1, 0.15) is 13.2 Å². The quantitative estimate of drug-likeness (QED) is 0.0274. The zero-order valence-corrected chi connectivity index (χ0v) is 39.8. The fourth-order valence-corrected chi connectivity index (χ4v) is 7.31. The van der Waals surface area contributed by atoms with Crippen LogP contribution in [0.3, 0.4) is 0 Å². The first-order chi connectivity index (χ1) is 28.5. The molecule has 3 unspecified atom stereocenters. The molecule has 1 amide bonds. The molecule has 0 aromatic rings. The Balaban J connectivity index is 4.45. The number of hydrogen-bond donors (Lipinski definition) is 2. The Morgan fingerprint density at radius 2 is 1.00 bits per heavy atom. The molecule has 9 heteroatoms. The summed E-state index contributed by atoms with van der Waals surface area (Å²) in [5.41, 5.74) is 0. The van der Waals surface area contributed by atoms with Crippen molar-refractivity contribution in [1.29, 1.82) is 0 Å². The average molecular weight is 849 g/mol. The maximum Gasteiger partial charge on any atom is 0.268 e. The van der Waals surface area contributed by atoms with Gasteiger partial charge in [0.2, 0.25) is 5.91 Å². The van der Waals surface area contributed by atoms with Crippen LogP contribution >= 0.6 is 7.82 Å². The summed E-state index contributed by atoms with van der Waals surface area (Å²) in [4.78, 5) is 25.4. The van der Waals surface area contributed by atoms with Crippen LogP contribution in [-0.4, -0.2) is 68.5 Å². The van der Waals surface area contributed by atoms with Crippen LogP contribution in [0.1, 0.15) is 200 Å². The third-order valence-electron chi connectivity index (χ3n) is 10.4. The number of unbranched alkanes of at least 4 members (excludes halogenated alkanes) is 22. The minimum absolute atomic E-state index is 0.0115. The van der Waals surface area contributed by atoms with Gasteiger partial charge in [0.25, 0.3) is 7.82 Å². The number of hydrogen-bond acceptors (Lipinski definition) is 6. The number of nitrogens with zero attached hydrogens (tertiary/aromatic N) is 1. The van der Waals surface area contributed by atoms with E-state index in [0.29, 0.717) is 17.4 Å². The zero-order valence-electron chi connectivity index (χ0n) is 38.9. The summed E-state index contributed by atoms with van der Waals surface area (Å²) in [6, 6.07) is -0.912. The SMILES string of the molecule is CCCCC/C=C\C/C=C\C/C=C\CCCCCCCCC(=O)NC(COP(=O)([O-])OCC[N+](C)(C)C)C(O)/C=C/CC/C=C/CCCCCCCCCCCCCC. The van der Waals surface area contributed by atoms with Crippen molar-refractivity contribution in [2.45, 2.75) is 212 Å². The Bertz CT molecular complexity index is 1140. The first kappa shape index (κ1) is 57.2. The highest BCUT2D eigenvalue weighted by atomic mass is 31.2. The number of aliphatic hydroxyl groups excluding tert-OH is 1. The van der Waals surface area contributed by atoms with Gasteiger partial charge < -0.3 is 28.8 Å². The monoisotopic (exact) mass is 849 g/mol. The molecule has 0 rings (SSSR count). The minimum atomic E-state index is -4.60. The molecule has 59 heavy (non-hydrogen) atoms. The van der Waals surface area contributed by atoms with Gasteiger partial charge in [-0.25, -0.2) is 0 Å². The topological polar surface area (TPSA) is 108 Å². The van der Waals surface area contributed by atoms with Crippen LogP contribution in [0.5, 0.6) is 0 Å². The third kappa shape index (κ3) is 44.1. The van der Waals surface area contributed by atoms with E-state index in [4.69, 9.17) is 9.05 Å². The summed E-state index contributed by atoms with van der Waals surface area (Å²) >= 11 is 0. The van der Waals surface area contributed by atoms with Crippen LogP contribution in [0, 0.1) is 0 Å². The van der Waals surface area contributed by atoms with Gasteiger partial charge in [0.05, 0.1) is 39.9 Å². The Kier molecular flexibility index (Phi) is 40.3. The molecule has 344 valence electrons. The van der Waals surface area contributed by atoms with Crippen molar-refractivity contribution in [3.8, 4) is 0 Å². The van der Waals surface area contributed by atoms with Gasteiger partial charge in [0.15, 0.2) is 0 Å². The van der Waals surface area contributed by atoms with Crippen molar-refractivity contribution in [2.24, 2.45) is 0 Å². The van der Waals surface area contributed by atoms with Crippen LogP contribution in [0.2, 0.25) is 0 Å². The number of nitrogens with one attached hydrogen (secondary N) is 1. The Labute approximate surface area is 364 Å². The van der Waals surface area contributed by atoms with E-state index in [2.05, 4.69) is 67.8 Å². The molecule has 0 saturated carbocycles. The fraction of sp³-hybridized carbons (Fsp3) is 0.780. The molecule has 0 saturated heterocycles. The highest BCUT2D eigenvalue weighted by molar-refractivity contribution is 7.45.